The molecule has 62 valence electrons. The Labute approximate surface area is 66.3 Å². The summed E-state index contributed by atoms with van der Waals surface area (Å²) in [6, 6.07) is 0. The lowest BCUT2D eigenvalue weighted by atomic mass is 9.64. The average molecular weight is 155 g/mol. The van der Waals surface area contributed by atoms with Crippen LogP contribution in [0.5, 0.6) is 0 Å². The molecular formula is C8H13NO2. The van der Waals surface area contributed by atoms with Crippen LogP contribution >= 0.6 is 0 Å². The minimum absolute atomic E-state index is 0.164. The van der Waals surface area contributed by atoms with Crippen LogP contribution < -0.4 is 0 Å². The highest BCUT2D eigenvalue weighted by molar-refractivity contribution is 5.68. The van der Waals surface area contributed by atoms with Crippen LogP contribution in [0, 0.1) is 5.41 Å². The summed E-state index contributed by atoms with van der Waals surface area (Å²) >= 11 is 0. The fourth-order valence-corrected chi connectivity index (χ4v) is 2.01. The van der Waals surface area contributed by atoms with Crippen LogP contribution in [0.15, 0.2) is 0 Å². The van der Waals surface area contributed by atoms with Crippen molar-refractivity contribution < 1.29 is 9.53 Å². The molecule has 0 aromatic carbocycles. The summed E-state index contributed by atoms with van der Waals surface area (Å²) in [6.07, 6.45) is 3.79. The van der Waals surface area contributed by atoms with Gasteiger partial charge < -0.3 is 9.64 Å². The van der Waals surface area contributed by atoms with Crippen molar-refractivity contribution in [3.05, 3.63) is 0 Å². The molecule has 1 saturated carbocycles. The Balaban J connectivity index is 1.83. The first-order chi connectivity index (χ1) is 5.26. The van der Waals surface area contributed by atoms with Crippen LogP contribution in [0.2, 0.25) is 0 Å². The van der Waals surface area contributed by atoms with Gasteiger partial charge >= 0.3 is 6.09 Å². The third kappa shape index (κ3) is 0.905. The van der Waals surface area contributed by atoms with Gasteiger partial charge in [-0.15, -0.1) is 0 Å². The van der Waals surface area contributed by atoms with Gasteiger partial charge in [-0.3, -0.25) is 0 Å². The van der Waals surface area contributed by atoms with Gasteiger partial charge in [0.25, 0.3) is 0 Å². The van der Waals surface area contributed by atoms with Crippen molar-refractivity contribution in [3.63, 3.8) is 0 Å². The fraction of sp³-hybridized carbons (Fsp3) is 0.875. The van der Waals surface area contributed by atoms with E-state index >= 15 is 0 Å². The minimum Gasteiger partial charge on any atom is -0.453 e. The second kappa shape index (κ2) is 2.13. The quantitative estimate of drug-likeness (QED) is 0.526. The van der Waals surface area contributed by atoms with Crippen molar-refractivity contribution in [3.8, 4) is 0 Å². The standard InChI is InChI=1S/C8H13NO2/c1-11-7(10)9-5-8(6-9)3-2-4-8/h2-6H2,1H3. The number of nitrogens with zero attached hydrogens (tertiary/aromatic N) is 1. The van der Waals surface area contributed by atoms with Crippen LogP contribution in [0.4, 0.5) is 4.79 Å². The van der Waals surface area contributed by atoms with Gasteiger partial charge in [-0.05, 0) is 12.8 Å². The van der Waals surface area contributed by atoms with Gasteiger partial charge in [-0.25, -0.2) is 4.79 Å². The molecule has 1 aliphatic heterocycles. The molecular weight excluding hydrogens is 142 g/mol. The second-order valence-electron chi connectivity index (χ2n) is 3.68. The largest absolute Gasteiger partial charge is 0.453 e. The van der Waals surface area contributed by atoms with E-state index in [-0.39, 0.29) is 6.09 Å². The molecule has 1 saturated heterocycles. The van der Waals surface area contributed by atoms with Crippen LogP contribution in [0.3, 0.4) is 0 Å². The molecule has 0 N–H and O–H groups in total. The highest BCUT2D eigenvalue weighted by Gasteiger charge is 2.49. The molecule has 1 amide bonds. The number of likely N-dealkylation sites (tertiary alicyclic amines) is 1. The van der Waals surface area contributed by atoms with E-state index in [1.807, 2.05) is 0 Å². The maximum atomic E-state index is 10.9. The molecule has 1 aliphatic carbocycles. The van der Waals surface area contributed by atoms with E-state index in [0.29, 0.717) is 5.41 Å². The maximum absolute atomic E-state index is 10.9. The zero-order chi connectivity index (χ0) is 7.90. The molecule has 0 bridgehead atoms. The van der Waals surface area contributed by atoms with E-state index in [2.05, 4.69) is 4.74 Å². The SMILES string of the molecule is COC(=O)N1CC2(CCC2)C1. The van der Waals surface area contributed by atoms with Crippen molar-refractivity contribution in [1.82, 2.24) is 4.90 Å². The summed E-state index contributed by atoms with van der Waals surface area (Å²) in [7, 11) is 1.44. The number of amides is 1. The summed E-state index contributed by atoms with van der Waals surface area (Å²) < 4.78 is 4.60. The Kier molecular flexibility index (Phi) is 1.34. The Morgan fingerprint density at radius 1 is 1.45 bits per heavy atom. The maximum Gasteiger partial charge on any atom is 0.409 e. The third-order valence-electron chi connectivity index (χ3n) is 2.90. The van der Waals surface area contributed by atoms with Crippen LogP contribution in [0.25, 0.3) is 0 Å². The van der Waals surface area contributed by atoms with E-state index in [9.17, 15) is 4.79 Å². The van der Waals surface area contributed by atoms with Gasteiger partial charge in [-0.1, -0.05) is 6.42 Å². The molecule has 3 heteroatoms. The first-order valence-corrected chi connectivity index (χ1v) is 4.09. The van der Waals surface area contributed by atoms with Crippen molar-refractivity contribution in [1.29, 1.82) is 0 Å². The van der Waals surface area contributed by atoms with Crippen LogP contribution in [-0.2, 0) is 4.74 Å². The summed E-state index contributed by atoms with van der Waals surface area (Å²) in [6.45, 7) is 1.86. The fourth-order valence-electron chi connectivity index (χ4n) is 2.01. The predicted molar refractivity (Wildman–Crippen MR) is 40.3 cm³/mol. The third-order valence-corrected chi connectivity index (χ3v) is 2.90. The zero-order valence-electron chi connectivity index (χ0n) is 6.80. The van der Waals surface area contributed by atoms with Gasteiger partial charge in [0.05, 0.1) is 7.11 Å². The molecule has 0 aromatic heterocycles. The summed E-state index contributed by atoms with van der Waals surface area (Å²) in [5, 5.41) is 0. The Hall–Kier alpha value is -0.730. The van der Waals surface area contributed by atoms with Crippen LogP contribution in [0.1, 0.15) is 19.3 Å². The molecule has 2 rings (SSSR count). The van der Waals surface area contributed by atoms with Gasteiger partial charge in [0, 0.05) is 18.5 Å². The number of hydrogen-bond acceptors (Lipinski definition) is 2. The van der Waals surface area contributed by atoms with Crippen molar-refractivity contribution in [2.75, 3.05) is 20.2 Å². The van der Waals surface area contributed by atoms with Gasteiger partial charge in [0.1, 0.15) is 0 Å². The topological polar surface area (TPSA) is 29.5 Å². The summed E-state index contributed by atoms with van der Waals surface area (Å²) in [5.41, 5.74) is 0.522. The number of ether oxygens (including phenoxy) is 1. The molecule has 0 radical (unpaired) electrons. The molecule has 0 aromatic rings. The molecule has 3 nitrogen and oxygen atoms in total. The first-order valence-electron chi connectivity index (χ1n) is 4.09. The number of rotatable bonds is 0. The highest BCUT2D eigenvalue weighted by atomic mass is 16.5. The van der Waals surface area contributed by atoms with Crippen molar-refractivity contribution >= 4 is 6.09 Å². The Morgan fingerprint density at radius 2 is 2.09 bits per heavy atom. The van der Waals surface area contributed by atoms with E-state index in [0.717, 1.165) is 13.1 Å². The first kappa shape index (κ1) is 6.95. The van der Waals surface area contributed by atoms with Crippen LogP contribution in [-0.4, -0.2) is 31.2 Å². The Bertz CT molecular complexity index is 179. The monoisotopic (exact) mass is 155 g/mol. The number of methoxy groups -OCH3 is 1. The van der Waals surface area contributed by atoms with Gasteiger partial charge in [0.2, 0.25) is 0 Å². The smallest absolute Gasteiger partial charge is 0.409 e. The molecule has 11 heavy (non-hydrogen) atoms. The molecule has 2 fully saturated rings. The molecule has 0 unspecified atom stereocenters. The van der Waals surface area contributed by atoms with E-state index in [4.69, 9.17) is 0 Å². The molecule has 2 aliphatic rings. The van der Waals surface area contributed by atoms with E-state index in [1.165, 1.54) is 26.4 Å². The van der Waals surface area contributed by atoms with E-state index < -0.39 is 0 Å². The lowest BCUT2D eigenvalue weighted by Crippen LogP contribution is -2.61. The lowest BCUT2D eigenvalue weighted by Gasteiger charge is -2.55. The second-order valence-corrected chi connectivity index (χ2v) is 3.68. The predicted octanol–water partition coefficient (Wildman–Crippen LogP) is 1.24. The number of carbonyl (C=O) groups excluding carboxylic acids is 1. The molecule has 1 spiro atoms. The zero-order valence-corrected chi connectivity index (χ0v) is 6.80. The highest BCUT2D eigenvalue weighted by Crippen LogP contribution is 2.48. The Morgan fingerprint density at radius 3 is 2.45 bits per heavy atom. The summed E-state index contributed by atoms with van der Waals surface area (Å²) in [4.78, 5) is 12.7. The average Bonchev–Trinajstić information content (AvgIpc) is 1.81. The van der Waals surface area contributed by atoms with E-state index in [1.54, 1.807) is 4.90 Å². The summed E-state index contributed by atoms with van der Waals surface area (Å²) in [5.74, 6) is 0. The minimum atomic E-state index is -0.164. The van der Waals surface area contributed by atoms with Crippen molar-refractivity contribution in [2.24, 2.45) is 5.41 Å². The number of hydrogen-bond donors (Lipinski definition) is 0. The normalized spacial score (nSPS) is 25.7. The molecule has 0 atom stereocenters. The van der Waals surface area contributed by atoms with Crippen molar-refractivity contribution in [2.45, 2.75) is 19.3 Å². The molecule has 1 heterocycles. The number of carbonyl (C=O) groups is 1. The van der Waals surface area contributed by atoms with Gasteiger partial charge in [-0.2, -0.15) is 0 Å². The van der Waals surface area contributed by atoms with Gasteiger partial charge in [0.15, 0.2) is 0 Å². The lowest BCUT2D eigenvalue weighted by molar-refractivity contribution is -0.0488.